The number of fused-ring (bicyclic) bond motifs is 4. The number of nitrogens with two attached hydrogens (primary N) is 1. The van der Waals surface area contributed by atoms with Crippen molar-refractivity contribution in [1.82, 2.24) is 4.98 Å². The van der Waals surface area contributed by atoms with E-state index >= 15 is 4.39 Å². The Bertz CT molecular complexity index is 1290. The van der Waals surface area contributed by atoms with Crippen molar-refractivity contribution in [3.63, 3.8) is 0 Å². The Kier molecular flexibility index (Phi) is 4.74. The van der Waals surface area contributed by atoms with Gasteiger partial charge in [0.1, 0.15) is 12.4 Å². The molecule has 8 heteroatoms. The van der Waals surface area contributed by atoms with Crippen LogP contribution in [0.3, 0.4) is 0 Å². The van der Waals surface area contributed by atoms with Crippen LogP contribution in [-0.2, 0) is 15.0 Å². The number of aromatic nitrogens is 1. The van der Waals surface area contributed by atoms with Crippen LogP contribution in [0.25, 0.3) is 11.1 Å². The number of benzene rings is 2. The molecule has 4 heterocycles. The van der Waals surface area contributed by atoms with Crippen LogP contribution in [0.1, 0.15) is 25.0 Å². The number of morpholine rings is 1. The van der Waals surface area contributed by atoms with Crippen LogP contribution in [-0.4, -0.2) is 42.9 Å². The summed E-state index contributed by atoms with van der Waals surface area (Å²) >= 11 is 0. The second kappa shape index (κ2) is 7.70. The number of aliphatic imine (C=N–C) groups is 1. The molecule has 3 atom stereocenters. The topological polar surface area (TPSA) is 82.2 Å². The molecule has 0 bridgehead atoms. The first-order chi connectivity index (χ1) is 16.4. The molecule has 34 heavy (non-hydrogen) atoms. The molecule has 1 spiro atoms. The molecule has 0 saturated carbocycles. The Morgan fingerprint density at radius 2 is 1.88 bits per heavy atom. The Labute approximate surface area is 197 Å². The molecule has 0 amide bonds. The minimum absolute atomic E-state index is 0.0410. The van der Waals surface area contributed by atoms with Crippen LogP contribution in [0.2, 0.25) is 0 Å². The number of pyridine rings is 1. The summed E-state index contributed by atoms with van der Waals surface area (Å²) in [5.74, 6) is 0.241. The van der Waals surface area contributed by atoms with Crippen LogP contribution < -0.4 is 15.4 Å². The van der Waals surface area contributed by atoms with Crippen molar-refractivity contribution in [3.8, 4) is 22.6 Å². The molecule has 2 aromatic carbocycles. The van der Waals surface area contributed by atoms with E-state index in [1.54, 1.807) is 12.4 Å². The van der Waals surface area contributed by atoms with Crippen LogP contribution in [0.5, 0.6) is 11.5 Å². The Hall–Kier alpha value is -3.65. The molecule has 3 aromatic rings. The number of hydrogen-bond acceptors (Lipinski definition) is 7. The minimum Gasteiger partial charge on any atom is -0.462 e. The highest BCUT2D eigenvalue weighted by Crippen LogP contribution is 2.53. The fourth-order valence-electron chi connectivity index (χ4n) is 5.18. The van der Waals surface area contributed by atoms with E-state index < -0.39 is 11.4 Å². The zero-order valence-electron chi connectivity index (χ0n) is 19.0. The van der Waals surface area contributed by atoms with Crippen molar-refractivity contribution in [1.29, 1.82) is 0 Å². The average Bonchev–Trinajstić information content (AvgIpc) is 3.22. The highest BCUT2D eigenvalue weighted by molar-refractivity contribution is 5.78. The minimum atomic E-state index is -1.01. The molecule has 1 fully saturated rings. The molecule has 3 aliphatic rings. The summed E-state index contributed by atoms with van der Waals surface area (Å²) in [5, 5.41) is 0. The lowest BCUT2D eigenvalue weighted by molar-refractivity contribution is -0.00524. The van der Waals surface area contributed by atoms with Crippen LogP contribution >= 0.6 is 0 Å². The molecule has 7 nitrogen and oxygen atoms in total. The summed E-state index contributed by atoms with van der Waals surface area (Å²) in [6.07, 6.45) is 3.61. The Morgan fingerprint density at radius 1 is 1.06 bits per heavy atom. The van der Waals surface area contributed by atoms with Crippen molar-refractivity contribution in [3.05, 3.63) is 71.8 Å². The van der Waals surface area contributed by atoms with Gasteiger partial charge in [0, 0.05) is 53.9 Å². The second-order valence-electron chi connectivity index (χ2n) is 9.12. The molecule has 1 saturated heterocycles. The maximum Gasteiger partial charge on any atom is 0.283 e. The number of anilines is 1. The van der Waals surface area contributed by atoms with Crippen molar-refractivity contribution in [2.75, 3.05) is 24.6 Å². The molecule has 174 valence electrons. The third-order valence-corrected chi connectivity index (χ3v) is 6.62. The maximum atomic E-state index is 15.5. The fourth-order valence-corrected chi connectivity index (χ4v) is 5.18. The van der Waals surface area contributed by atoms with E-state index in [1.807, 2.05) is 50.2 Å². The van der Waals surface area contributed by atoms with Gasteiger partial charge >= 0.3 is 0 Å². The molecule has 3 aliphatic heterocycles. The highest BCUT2D eigenvalue weighted by Gasteiger charge is 2.48. The number of nitrogens with zero attached hydrogens (tertiary/aromatic N) is 3. The third-order valence-electron chi connectivity index (χ3n) is 6.62. The van der Waals surface area contributed by atoms with Gasteiger partial charge in [-0.15, -0.1) is 0 Å². The van der Waals surface area contributed by atoms with Gasteiger partial charge in [-0.3, -0.25) is 4.98 Å². The molecule has 1 aromatic heterocycles. The van der Waals surface area contributed by atoms with Gasteiger partial charge in [0.05, 0.1) is 12.2 Å². The lowest BCUT2D eigenvalue weighted by Crippen LogP contribution is -2.45. The maximum absolute atomic E-state index is 15.5. The standard InChI is InChI=1S/C26H25FN4O3/c1-15-12-31(13-16(2)33-15)19-9-21-24(22(27)10-19)34-23-6-5-17(18-4-3-7-29-11-18)8-20(23)26(21)14-32-25(28)30-26/h3-11,15-16H,12-14H2,1-2H3,(H2,28,30)/t15-,16+,26-/m0/s1. The first-order valence-corrected chi connectivity index (χ1v) is 11.4. The van der Waals surface area contributed by atoms with Gasteiger partial charge < -0.3 is 24.8 Å². The lowest BCUT2D eigenvalue weighted by atomic mass is 9.80. The largest absolute Gasteiger partial charge is 0.462 e. The Balaban J connectivity index is 1.52. The van der Waals surface area contributed by atoms with E-state index in [1.165, 1.54) is 6.07 Å². The Morgan fingerprint density at radius 3 is 2.59 bits per heavy atom. The van der Waals surface area contributed by atoms with Crippen molar-refractivity contribution in [2.45, 2.75) is 31.6 Å². The predicted octanol–water partition coefficient (Wildman–Crippen LogP) is 4.20. The summed E-state index contributed by atoms with van der Waals surface area (Å²) in [4.78, 5) is 11.1. The van der Waals surface area contributed by atoms with E-state index in [2.05, 4.69) is 9.88 Å². The van der Waals surface area contributed by atoms with E-state index in [9.17, 15) is 0 Å². The highest BCUT2D eigenvalue weighted by atomic mass is 19.1. The summed E-state index contributed by atoms with van der Waals surface area (Å²) in [7, 11) is 0. The van der Waals surface area contributed by atoms with E-state index in [0.29, 0.717) is 24.4 Å². The molecule has 0 radical (unpaired) electrons. The average molecular weight is 461 g/mol. The number of rotatable bonds is 2. The van der Waals surface area contributed by atoms with Crippen LogP contribution in [0.4, 0.5) is 10.1 Å². The van der Waals surface area contributed by atoms with Crippen LogP contribution in [0, 0.1) is 5.82 Å². The van der Waals surface area contributed by atoms with Crippen LogP contribution in [0.15, 0.2) is 59.9 Å². The summed E-state index contributed by atoms with van der Waals surface area (Å²) in [5.41, 5.74) is 9.05. The van der Waals surface area contributed by atoms with Gasteiger partial charge in [-0.05, 0) is 43.7 Å². The molecule has 0 aliphatic carbocycles. The molecule has 6 rings (SSSR count). The van der Waals surface area contributed by atoms with Gasteiger partial charge in [-0.1, -0.05) is 12.1 Å². The quantitative estimate of drug-likeness (QED) is 0.618. The van der Waals surface area contributed by atoms with Crippen molar-refractivity contribution >= 4 is 11.7 Å². The van der Waals surface area contributed by atoms with E-state index in [-0.39, 0.29) is 30.6 Å². The normalized spacial score (nSPS) is 25.3. The van der Waals surface area contributed by atoms with Gasteiger partial charge in [0.2, 0.25) is 0 Å². The van der Waals surface area contributed by atoms with Gasteiger partial charge in [-0.2, -0.15) is 0 Å². The zero-order valence-corrected chi connectivity index (χ0v) is 19.0. The SMILES string of the molecule is C[C@@H]1CN(c2cc(F)c3c(c2)[C@]2(COC(N)=N2)c2cc(-c4cccnc4)ccc2O3)C[C@H](C)O1. The zero-order chi connectivity index (χ0) is 23.4. The fraction of sp³-hybridized carbons (Fsp3) is 0.308. The first-order valence-electron chi connectivity index (χ1n) is 11.4. The second-order valence-corrected chi connectivity index (χ2v) is 9.12. The number of amidine groups is 1. The monoisotopic (exact) mass is 460 g/mol. The first kappa shape index (κ1) is 20.9. The number of halogens is 1. The molecular formula is C26H25FN4O3. The number of ether oxygens (including phenoxy) is 3. The predicted molar refractivity (Wildman–Crippen MR) is 127 cm³/mol. The summed E-state index contributed by atoms with van der Waals surface area (Å²) in [6, 6.07) is 13.2. The summed E-state index contributed by atoms with van der Waals surface area (Å²) < 4.78 is 33.2. The van der Waals surface area contributed by atoms with Crippen molar-refractivity contribution < 1.29 is 18.6 Å². The lowest BCUT2D eigenvalue weighted by Gasteiger charge is -2.39. The molecular weight excluding hydrogens is 435 g/mol. The number of hydrogen-bond donors (Lipinski definition) is 1. The molecule has 0 unspecified atom stereocenters. The van der Waals surface area contributed by atoms with Gasteiger partial charge in [-0.25, -0.2) is 9.38 Å². The smallest absolute Gasteiger partial charge is 0.283 e. The van der Waals surface area contributed by atoms with E-state index in [0.717, 1.165) is 22.4 Å². The summed E-state index contributed by atoms with van der Waals surface area (Å²) in [6.45, 7) is 5.54. The van der Waals surface area contributed by atoms with E-state index in [4.69, 9.17) is 24.9 Å². The molecule has 2 N–H and O–H groups in total. The van der Waals surface area contributed by atoms with Gasteiger partial charge in [0.25, 0.3) is 6.02 Å². The van der Waals surface area contributed by atoms with Gasteiger partial charge in [0.15, 0.2) is 17.1 Å². The third kappa shape index (κ3) is 3.28. The van der Waals surface area contributed by atoms with Crippen molar-refractivity contribution in [2.24, 2.45) is 10.7 Å².